The highest BCUT2D eigenvalue weighted by molar-refractivity contribution is 9.11. The zero-order valence-corrected chi connectivity index (χ0v) is 12.0. The SMILES string of the molecule is O=C(NCc1ccc(Br)s1)c1ccc([N+](=O)[O-])cc1. The molecule has 1 aromatic carbocycles. The van der Waals surface area contributed by atoms with Crippen LogP contribution in [-0.4, -0.2) is 10.8 Å². The van der Waals surface area contributed by atoms with Crippen LogP contribution in [0, 0.1) is 10.1 Å². The Morgan fingerprint density at radius 1 is 1.26 bits per heavy atom. The van der Waals surface area contributed by atoms with Gasteiger partial charge in [0, 0.05) is 22.6 Å². The van der Waals surface area contributed by atoms with Crippen LogP contribution in [0.2, 0.25) is 0 Å². The molecule has 19 heavy (non-hydrogen) atoms. The second-order valence-corrected chi connectivity index (χ2v) is 6.24. The van der Waals surface area contributed by atoms with Crippen LogP contribution in [0.3, 0.4) is 0 Å². The van der Waals surface area contributed by atoms with E-state index in [1.54, 1.807) is 11.3 Å². The number of rotatable bonds is 4. The summed E-state index contributed by atoms with van der Waals surface area (Å²) in [5.74, 6) is -0.251. The molecule has 1 heterocycles. The first-order valence-electron chi connectivity index (χ1n) is 5.33. The van der Waals surface area contributed by atoms with E-state index < -0.39 is 4.92 Å². The molecular weight excluding hydrogens is 332 g/mol. The lowest BCUT2D eigenvalue weighted by Crippen LogP contribution is -2.22. The Balaban J connectivity index is 1.98. The molecule has 0 aliphatic rings. The van der Waals surface area contributed by atoms with Crippen molar-refractivity contribution in [1.29, 1.82) is 0 Å². The second-order valence-electron chi connectivity index (χ2n) is 3.69. The summed E-state index contributed by atoms with van der Waals surface area (Å²) in [5, 5.41) is 13.3. The molecule has 7 heteroatoms. The predicted molar refractivity (Wildman–Crippen MR) is 76.3 cm³/mol. The molecule has 0 aliphatic carbocycles. The number of nitrogens with zero attached hydrogens (tertiary/aromatic N) is 1. The lowest BCUT2D eigenvalue weighted by Gasteiger charge is -2.03. The summed E-state index contributed by atoms with van der Waals surface area (Å²) in [6, 6.07) is 9.35. The molecule has 0 saturated heterocycles. The predicted octanol–water partition coefficient (Wildman–Crippen LogP) is 3.35. The molecule has 5 nitrogen and oxygen atoms in total. The van der Waals surface area contributed by atoms with E-state index in [-0.39, 0.29) is 11.6 Å². The molecular formula is C12H9BrN2O3S. The normalized spacial score (nSPS) is 10.2. The van der Waals surface area contributed by atoms with Crippen LogP contribution < -0.4 is 5.32 Å². The fraction of sp³-hybridized carbons (Fsp3) is 0.0833. The third kappa shape index (κ3) is 3.62. The summed E-state index contributed by atoms with van der Waals surface area (Å²) >= 11 is 4.89. The van der Waals surface area contributed by atoms with Crippen molar-refractivity contribution in [1.82, 2.24) is 5.32 Å². The zero-order chi connectivity index (χ0) is 13.8. The number of halogens is 1. The first-order chi connectivity index (χ1) is 9.06. The molecule has 0 aliphatic heterocycles. The van der Waals surface area contributed by atoms with Crippen molar-refractivity contribution in [2.45, 2.75) is 6.54 Å². The van der Waals surface area contributed by atoms with Crippen molar-refractivity contribution in [2.24, 2.45) is 0 Å². The number of amides is 1. The first kappa shape index (κ1) is 13.7. The average Bonchev–Trinajstić information content (AvgIpc) is 2.82. The highest BCUT2D eigenvalue weighted by Crippen LogP contribution is 2.21. The van der Waals surface area contributed by atoms with Gasteiger partial charge in [-0.05, 0) is 40.2 Å². The minimum Gasteiger partial charge on any atom is -0.347 e. The Labute approximate surface area is 121 Å². The van der Waals surface area contributed by atoms with Crippen LogP contribution >= 0.6 is 27.3 Å². The summed E-state index contributed by atoms with van der Waals surface area (Å²) < 4.78 is 1.01. The topological polar surface area (TPSA) is 72.2 Å². The average molecular weight is 341 g/mol. The lowest BCUT2D eigenvalue weighted by molar-refractivity contribution is -0.384. The number of nitro groups is 1. The largest absolute Gasteiger partial charge is 0.347 e. The van der Waals surface area contributed by atoms with E-state index in [9.17, 15) is 14.9 Å². The monoisotopic (exact) mass is 340 g/mol. The molecule has 2 rings (SSSR count). The number of benzene rings is 1. The number of thiophene rings is 1. The van der Waals surface area contributed by atoms with E-state index in [1.165, 1.54) is 24.3 Å². The van der Waals surface area contributed by atoms with Crippen molar-refractivity contribution in [3.05, 3.63) is 60.7 Å². The van der Waals surface area contributed by atoms with Crippen LogP contribution in [0.4, 0.5) is 5.69 Å². The van der Waals surface area contributed by atoms with Gasteiger partial charge in [-0.15, -0.1) is 11.3 Å². The highest BCUT2D eigenvalue weighted by Gasteiger charge is 2.09. The Morgan fingerprint density at radius 2 is 1.95 bits per heavy atom. The van der Waals surface area contributed by atoms with E-state index in [1.807, 2.05) is 12.1 Å². The third-order valence-corrected chi connectivity index (χ3v) is 4.02. The number of nitrogens with one attached hydrogen (secondary N) is 1. The second kappa shape index (κ2) is 5.94. The summed E-state index contributed by atoms with van der Waals surface area (Å²) in [6.07, 6.45) is 0. The van der Waals surface area contributed by atoms with E-state index in [0.29, 0.717) is 12.1 Å². The van der Waals surface area contributed by atoms with Gasteiger partial charge in [0.25, 0.3) is 11.6 Å². The molecule has 0 atom stereocenters. The van der Waals surface area contributed by atoms with Gasteiger partial charge in [-0.2, -0.15) is 0 Å². The van der Waals surface area contributed by atoms with Gasteiger partial charge in [-0.25, -0.2) is 0 Å². The van der Waals surface area contributed by atoms with Crippen LogP contribution in [0.15, 0.2) is 40.2 Å². The van der Waals surface area contributed by atoms with Crippen LogP contribution in [-0.2, 0) is 6.54 Å². The number of hydrogen-bond acceptors (Lipinski definition) is 4. The standard InChI is InChI=1S/C12H9BrN2O3S/c13-11-6-5-10(19-11)7-14-12(16)8-1-3-9(4-2-8)15(17)18/h1-6H,7H2,(H,14,16). The van der Waals surface area contributed by atoms with E-state index >= 15 is 0 Å². The molecule has 2 aromatic rings. The number of nitro benzene ring substituents is 1. The Hall–Kier alpha value is -1.73. The van der Waals surface area contributed by atoms with Crippen molar-refractivity contribution < 1.29 is 9.72 Å². The Bertz CT molecular complexity index is 610. The van der Waals surface area contributed by atoms with Crippen LogP contribution in [0.25, 0.3) is 0 Å². The smallest absolute Gasteiger partial charge is 0.269 e. The molecule has 1 aromatic heterocycles. The number of carbonyl (C=O) groups excluding carboxylic acids is 1. The van der Waals surface area contributed by atoms with Gasteiger partial charge >= 0.3 is 0 Å². The fourth-order valence-electron chi connectivity index (χ4n) is 1.45. The van der Waals surface area contributed by atoms with Gasteiger partial charge < -0.3 is 5.32 Å². The van der Waals surface area contributed by atoms with Crippen molar-refractivity contribution in [3.63, 3.8) is 0 Å². The number of hydrogen-bond donors (Lipinski definition) is 1. The maximum atomic E-state index is 11.8. The summed E-state index contributed by atoms with van der Waals surface area (Å²) in [5.41, 5.74) is 0.375. The van der Waals surface area contributed by atoms with Gasteiger partial charge in [0.15, 0.2) is 0 Å². The first-order valence-corrected chi connectivity index (χ1v) is 6.94. The van der Waals surface area contributed by atoms with Gasteiger partial charge in [0.2, 0.25) is 0 Å². The summed E-state index contributed by atoms with van der Waals surface area (Å²) in [4.78, 5) is 22.8. The lowest BCUT2D eigenvalue weighted by atomic mass is 10.2. The molecule has 1 N–H and O–H groups in total. The minimum atomic E-state index is -0.495. The molecule has 0 unspecified atom stereocenters. The number of non-ortho nitro benzene ring substituents is 1. The molecule has 1 amide bonds. The molecule has 0 spiro atoms. The summed E-state index contributed by atoms with van der Waals surface area (Å²) in [6.45, 7) is 0.437. The van der Waals surface area contributed by atoms with Crippen LogP contribution in [0.1, 0.15) is 15.2 Å². The molecule has 0 radical (unpaired) electrons. The third-order valence-electron chi connectivity index (χ3n) is 2.39. The quantitative estimate of drug-likeness (QED) is 0.685. The van der Waals surface area contributed by atoms with E-state index in [2.05, 4.69) is 21.2 Å². The molecule has 0 bridgehead atoms. The van der Waals surface area contributed by atoms with Crippen molar-refractivity contribution in [3.8, 4) is 0 Å². The van der Waals surface area contributed by atoms with Gasteiger partial charge in [0.1, 0.15) is 0 Å². The van der Waals surface area contributed by atoms with Gasteiger partial charge in [0.05, 0.1) is 15.3 Å². The maximum absolute atomic E-state index is 11.8. The van der Waals surface area contributed by atoms with Crippen molar-refractivity contribution >= 4 is 38.9 Å². The number of carbonyl (C=O) groups is 1. The fourth-order valence-corrected chi connectivity index (χ4v) is 2.87. The van der Waals surface area contributed by atoms with Crippen LogP contribution in [0.5, 0.6) is 0 Å². The summed E-state index contributed by atoms with van der Waals surface area (Å²) in [7, 11) is 0. The van der Waals surface area contributed by atoms with Gasteiger partial charge in [-0.3, -0.25) is 14.9 Å². The van der Waals surface area contributed by atoms with E-state index in [4.69, 9.17) is 0 Å². The zero-order valence-electron chi connectivity index (χ0n) is 9.63. The molecule has 0 fully saturated rings. The maximum Gasteiger partial charge on any atom is 0.269 e. The van der Waals surface area contributed by atoms with E-state index in [0.717, 1.165) is 8.66 Å². The minimum absolute atomic E-state index is 0.0289. The molecule has 98 valence electrons. The molecule has 0 saturated carbocycles. The Kier molecular flexibility index (Phi) is 4.28. The van der Waals surface area contributed by atoms with Crippen molar-refractivity contribution in [2.75, 3.05) is 0 Å². The highest BCUT2D eigenvalue weighted by atomic mass is 79.9. The Morgan fingerprint density at radius 3 is 2.47 bits per heavy atom. The van der Waals surface area contributed by atoms with Gasteiger partial charge in [-0.1, -0.05) is 0 Å².